The van der Waals surface area contributed by atoms with Crippen molar-refractivity contribution >= 4 is 58.1 Å². The van der Waals surface area contributed by atoms with Gasteiger partial charge < -0.3 is 15.2 Å². The van der Waals surface area contributed by atoms with Crippen LogP contribution in [0.5, 0.6) is 5.75 Å². The third kappa shape index (κ3) is 5.08. The minimum atomic E-state index is -1.11. The largest absolute Gasteiger partial charge is 0.492 e. The Morgan fingerprint density at radius 1 is 1.04 bits per heavy atom. The van der Waals surface area contributed by atoms with Crippen molar-refractivity contribution in [2.75, 3.05) is 18.5 Å². The summed E-state index contributed by atoms with van der Waals surface area (Å²) in [5.74, 6) is -0.608. The number of halogens is 4. The van der Waals surface area contributed by atoms with E-state index in [1.807, 2.05) is 0 Å². The van der Waals surface area contributed by atoms with Crippen molar-refractivity contribution < 1.29 is 14.6 Å². The van der Waals surface area contributed by atoms with Gasteiger partial charge in [-0.3, -0.25) is 0 Å². The van der Waals surface area contributed by atoms with Crippen LogP contribution in [0.2, 0.25) is 20.1 Å². The summed E-state index contributed by atoms with van der Waals surface area (Å²) in [4.78, 5) is 11.3. The van der Waals surface area contributed by atoms with E-state index in [1.165, 1.54) is 12.1 Å². The Balaban J connectivity index is 1.91. The fourth-order valence-electron chi connectivity index (χ4n) is 1.98. The maximum Gasteiger partial charge on any atom is 0.337 e. The molecule has 0 bridgehead atoms. The summed E-state index contributed by atoms with van der Waals surface area (Å²) in [6.45, 7) is 0.834. The molecule has 0 aliphatic heterocycles. The van der Waals surface area contributed by atoms with Crippen LogP contribution < -0.4 is 10.1 Å². The van der Waals surface area contributed by atoms with E-state index in [9.17, 15) is 9.90 Å². The van der Waals surface area contributed by atoms with E-state index >= 15 is 0 Å². The normalized spacial score (nSPS) is 10.5. The van der Waals surface area contributed by atoms with Crippen LogP contribution in [-0.2, 0) is 0 Å². The van der Waals surface area contributed by atoms with Crippen LogP contribution in [0.4, 0.5) is 5.69 Å². The number of carboxylic acid groups (broad SMARTS) is 1. The summed E-state index contributed by atoms with van der Waals surface area (Å²) < 4.78 is 5.56. The average molecular weight is 409 g/mol. The molecule has 0 aliphatic carbocycles. The van der Waals surface area contributed by atoms with Crippen LogP contribution in [0.15, 0.2) is 30.3 Å². The molecule has 0 aromatic heterocycles. The van der Waals surface area contributed by atoms with Crippen molar-refractivity contribution in [3.8, 4) is 5.75 Å². The highest BCUT2D eigenvalue weighted by atomic mass is 35.5. The van der Waals surface area contributed by atoms with Crippen molar-refractivity contribution in [1.29, 1.82) is 0 Å². The summed E-state index contributed by atoms with van der Waals surface area (Å²) >= 11 is 23.8. The average Bonchev–Trinajstić information content (AvgIpc) is 2.51. The fraction of sp³-hybridized carbons (Fsp3) is 0.188. The van der Waals surface area contributed by atoms with Crippen LogP contribution >= 0.6 is 46.4 Å². The van der Waals surface area contributed by atoms with Crippen molar-refractivity contribution in [2.45, 2.75) is 6.42 Å². The first-order valence-corrected chi connectivity index (χ1v) is 8.43. The first kappa shape index (κ1) is 19.0. The van der Waals surface area contributed by atoms with E-state index in [2.05, 4.69) is 5.32 Å². The van der Waals surface area contributed by atoms with Crippen molar-refractivity contribution in [1.82, 2.24) is 0 Å². The van der Waals surface area contributed by atoms with Crippen LogP contribution in [0.1, 0.15) is 16.8 Å². The molecule has 2 rings (SSSR count). The predicted octanol–water partition coefficient (Wildman–Crippen LogP) is 5.88. The summed E-state index contributed by atoms with van der Waals surface area (Å²) in [6, 6.07) is 7.80. The molecule has 0 fully saturated rings. The number of carboxylic acids is 1. The van der Waals surface area contributed by atoms with Gasteiger partial charge >= 0.3 is 5.97 Å². The Kier molecular flexibility index (Phi) is 6.87. The number of aromatic carboxylic acids is 1. The summed E-state index contributed by atoms with van der Waals surface area (Å²) in [5, 5.41) is 13.7. The molecule has 0 radical (unpaired) electrons. The number of anilines is 1. The molecule has 0 spiro atoms. The summed E-state index contributed by atoms with van der Waals surface area (Å²) in [7, 11) is 0. The number of carbonyl (C=O) groups is 1. The molecule has 0 aliphatic rings. The molecule has 2 N–H and O–H groups in total. The van der Waals surface area contributed by atoms with Gasteiger partial charge in [-0.25, -0.2) is 4.79 Å². The topological polar surface area (TPSA) is 58.6 Å². The second kappa shape index (κ2) is 8.67. The Morgan fingerprint density at radius 3 is 2.50 bits per heavy atom. The zero-order valence-electron chi connectivity index (χ0n) is 12.3. The molecule has 24 heavy (non-hydrogen) atoms. The van der Waals surface area contributed by atoms with Gasteiger partial charge in [-0.2, -0.15) is 0 Å². The van der Waals surface area contributed by atoms with E-state index in [4.69, 9.17) is 51.1 Å². The first-order valence-electron chi connectivity index (χ1n) is 6.92. The van der Waals surface area contributed by atoms with Crippen LogP contribution in [-0.4, -0.2) is 24.2 Å². The van der Waals surface area contributed by atoms with E-state index in [0.29, 0.717) is 41.1 Å². The lowest BCUT2D eigenvalue weighted by Gasteiger charge is -2.13. The van der Waals surface area contributed by atoms with E-state index in [-0.39, 0.29) is 15.6 Å². The number of ether oxygens (including phenoxy) is 1. The monoisotopic (exact) mass is 407 g/mol. The fourth-order valence-corrected chi connectivity index (χ4v) is 2.87. The zero-order chi connectivity index (χ0) is 17.7. The Morgan fingerprint density at radius 2 is 1.79 bits per heavy atom. The maximum atomic E-state index is 11.3. The molecule has 0 unspecified atom stereocenters. The molecular formula is C16H13Cl4NO3. The number of rotatable bonds is 7. The highest BCUT2D eigenvalue weighted by Crippen LogP contribution is 2.30. The standard InChI is InChI=1S/C16H13Cl4NO3/c17-9-2-3-12(19)14(8-9)24-5-1-4-21-15-11(16(22)23)6-10(18)7-13(15)20/h2-3,6-8,21H,1,4-5H2,(H,22,23). The molecule has 0 saturated heterocycles. The Hall–Kier alpha value is -1.33. The Labute approximate surface area is 159 Å². The second-order valence-corrected chi connectivity index (χ2v) is 6.51. The van der Waals surface area contributed by atoms with E-state index in [0.717, 1.165) is 0 Å². The summed E-state index contributed by atoms with van der Waals surface area (Å²) in [5.41, 5.74) is 0.348. The molecule has 8 heteroatoms. The third-order valence-electron chi connectivity index (χ3n) is 3.06. The lowest BCUT2D eigenvalue weighted by molar-refractivity contribution is 0.0698. The molecule has 128 valence electrons. The van der Waals surface area contributed by atoms with Gasteiger partial charge in [0.15, 0.2) is 0 Å². The molecule has 0 saturated carbocycles. The minimum absolute atomic E-state index is 0.0197. The van der Waals surface area contributed by atoms with Gasteiger partial charge in [-0.05, 0) is 30.7 Å². The van der Waals surface area contributed by atoms with Gasteiger partial charge in [0.25, 0.3) is 0 Å². The molecule has 4 nitrogen and oxygen atoms in total. The molecular weight excluding hydrogens is 396 g/mol. The molecule has 2 aromatic rings. The number of hydrogen-bond donors (Lipinski definition) is 2. The maximum absolute atomic E-state index is 11.3. The van der Waals surface area contributed by atoms with Gasteiger partial charge in [0.2, 0.25) is 0 Å². The predicted molar refractivity (Wildman–Crippen MR) is 98.5 cm³/mol. The van der Waals surface area contributed by atoms with Crippen molar-refractivity contribution in [2.24, 2.45) is 0 Å². The number of nitrogens with one attached hydrogen (secondary N) is 1. The molecule has 0 amide bonds. The van der Waals surface area contributed by atoms with Gasteiger partial charge in [0.05, 0.1) is 27.9 Å². The van der Waals surface area contributed by atoms with Crippen molar-refractivity contribution in [3.05, 3.63) is 56.0 Å². The van der Waals surface area contributed by atoms with E-state index < -0.39 is 5.97 Å². The molecule has 0 atom stereocenters. The first-order chi connectivity index (χ1) is 11.4. The summed E-state index contributed by atoms with van der Waals surface area (Å²) in [6.07, 6.45) is 0.598. The quantitative estimate of drug-likeness (QED) is 0.561. The smallest absolute Gasteiger partial charge is 0.337 e. The highest BCUT2D eigenvalue weighted by Gasteiger charge is 2.14. The number of hydrogen-bond acceptors (Lipinski definition) is 3. The molecule has 2 aromatic carbocycles. The van der Waals surface area contributed by atoms with Crippen LogP contribution in [0.25, 0.3) is 0 Å². The van der Waals surface area contributed by atoms with Crippen LogP contribution in [0, 0.1) is 0 Å². The Bertz CT molecular complexity index is 752. The van der Waals surface area contributed by atoms with Gasteiger partial charge in [-0.1, -0.05) is 46.4 Å². The van der Waals surface area contributed by atoms with Crippen LogP contribution in [0.3, 0.4) is 0 Å². The third-order valence-corrected chi connectivity index (χ3v) is 4.12. The van der Waals surface area contributed by atoms with Gasteiger partial charge in [-0.15, -0.1) is 0 Å². The minimum Gasteiger partial charge on any atom is -0.492 e. The second-order valence-electron chi connectivity index (χ2n) is 4.82. The van der Waals surface area contributed by atoms with E-state index in [1.54, 1.807) is 18.2 Å². The SMILES string of the molecule is O=C(O)c1cc(Cl)cc(Cl)c1NCCCOc1cc(Cl)ccc1Cl. The van der Waals surface area contributed by atoms with Gasteiger partial charge in [0, 0.05) is 22.7 Å². The van der Waals surface area contributed by atoms with Crippen molar-refractivity contribution in [3.63, 3.8) is 0 Å². The lowest BCUT2D eigenvalue weighted by atomic mass is 10.1. The number of benzene rings is 2. The highest BCUT2D eigenvalue weighted by molar-refractivity contribution is 6.37. The van der Waals surface area contributed by atoms with Gasteiger partial charge in [0.1, 0.15) is 5.75 Å². The lowest BCUT2D eigenvalue weighted by Crippen LogP contribution is -2.11. The zero-order valence-corrected chi connectivity index (χ0v) is 15.3. The molecule has 0 heterocycles.